The van der Waals surface area contributed by atoms with E-state index < -0.39 is 6.04 Å². The van der Waals surface area contributed by atoms with E-state index in [0.717, 1.165) is 11.1 Å². The standard InChI is InChI=1S/C28H31BrN2O4/c1-17(2)16-31(28(34)21-11-6-7-12-22(21)29)26(20-13-14-23(32)24(15-20)35-5)27(33)30-25-18(3)9-8-10-19(25)4/h6-15,17,26,32H,16H2,1-5H3,(H,30,33). The average Bonchev–Trinajstić information content (AvgIpc) is 2.81. The van der Waals surface area contributed by atoms with Gasteiger partial charge < -0.3 is 20.1 Å². The molecule has 0 saturated heterocycles. The number of rotatable bonds is 8. The molecule has 184 valence electrons. The maximum atomic E-state index is 13.9. The quantitative estimate of drug-likeness (QED) is 0.354. The van der Waals surface area contributed by atoms with Gasteiger partial charge in [-0.2, -0.15) is 0 Å². The van der Waals surface area contributed by atoms with Gasteiger partial charge in [0.15, 0.2) is 11.5 Å². The molecule has 6 nitrogen and oxygen atoms in total. The van der Waals surface area contributed by atoms with Crippen molar-refractivity contribution in [1.29, 1.82) is 0 Å². The summed E-state index contributed by atoms with van der Waals surface area (Å²) in [5.41, 5.74) is 3.56. The second-order valence-electron chi connectivity index (χ2n) is 8.92. The summed E-state index contributed by atoms with van der Waals surface area (Å²) in [5, 5.41) is 13.2. The summed E-state index contributed by atoms with van der Waals surface area (Å²) >= 11 is 3.48. The van der Waals surface area contributed by atoms with E-state index in [-0.39, 0.29) is 29.2 Å². The number of hydrogen-bond acceptors (Lipinski definition) is 4. The fourth-order valence-corrected chi connectivity index (χ4v) is 4.48. The van der Waals surface area contributed by atoms with Crippen LogP contribution in [-0.4, -0.2) is 35.5 Å². The minimum Gasteiger partial charge on any atom is -0.504 e. The summed E-state index contributed by atoms with van der Waals surface area (Å²) in [6, 6.07) is 16.7. The molecule has 1 atom stereocenters. The Morgan fingerprint density at radius 2 is 1.69 bits per heavy atom. The van der Waals surface area contributed by atoms with Crippen LogP contribution in [0.2, 0.25) is 0 Å². The van der Waals surface area contributed by atoms with Crippen LogP contribution in [0.4, 0.5) is 5.69 Å². The van der Waals surface area contributed by atoms with E-state index in [1.807, 2.05) is 52.0 Å². The maximum absolute atomic E-state index is 13.9. The summed E-state index contributed by atoms with van der Waals surface area (Å²) in [6.45, 7) is 8.20. The summed E-state index contributed by atoms with van der Waals surface area (Å²) in [6.07, 6.45) is 0. The number of nitrogens with one attached hydrogen (secondary N) is 1. The van der Waals surface area contributed by atoms with E-state index in [1.54, 1.807) is 35.2 Å². The molecule has 2 N–H and O–H groups in total. The number of aryl methyl sites for hydroxylation is 2. The Hall–Kier alpha value is -3.32. The smallest absolute Gasteiger partial charge is 0.255 e. The predicted octanol–water partition coefficient (Wildman–Crippen LogP) is 6.26. The average molecular weight is 539 g/mol. The third kappa shape index (κ3) is 6.03. The molecule has 3 rings (SSSR count). The van der Waals surface area contributed by atoms with Gasteiger partial charge in [-0.1, -0.05) is 50.2 Å². The third-order valence-electron chi connectivity index (χ3n) is 5.74. The molecule has 0 aromatic heterocycles. The van der Waals surface area contributed by atoms with E-state index in [9.17, 15) is 14.7 Å². The normalized spacial score (nSPS) is 11.7. The van der Waals surface area contributed by atoms with Gasteiger partial charge in [0.25, 0.3) is 11.8 Å². The topological polar surface area (TPSA) is 78.9 Å². The van der Waals surface area contributed by atoms with Gasteiger partial charge in [0.1, 0.15) is 6.04 Å². The van der Waals surface area contributed by atoms with Gasteiger partial charge in [-0.05, 0) is 76.7 Å². The van der Waals surface area contributed by atoms with Crippen molar-refractivity contribution in [2.75, 3.05) is 19.0 Å². The zero-order valence-corrected chi connectivity index (χ0v) is 22.2. The number of aromatic hydroxyl groups is 1. The molecule has 0 spiro atoms. The lowest BCUT2D eigenvalue weighted by molar-refractivity contribution is -0.121. The highest BCUT2D eigenvalue weighted by molar-refractivity contribution is 9.10. The fraction of sp³-hybridized carbons (Fsp3) is 0.286. The lowest BCUT2D eigenvalue weighted by Gasteiger charge is -2.33. The molecule has 0 saturated carbocycles. The number of benzene rings is 3. The predicted molar refractivity (Wildman–Crippen MR) is 142 cm³/mol. The highest BCUT2D eigenvalue weighted by Crippen LogP contribution is 2.34. The summed E-state index contributed by atoms with van der Waals surface area (Å²) in [4.78, 5) is 29.4. The molecule has 0 aliphatic carbocycles. The monoisotopic (exact) mass is 538 g/mol. The molecule has 7 heteroatoms. The number of carbonyl (C=O) groups is 2. The number of methoxy groups -OCH3 is 1. The Morgan fingerprint density at radius 3 is 2.29 bits per heavy atom. The van der Waals surface area contributed by atoms with E-state index in [2.05, 4.69) is 21.2 Å². The molecule has 35 heavy (non-hydrogen) atoms. The zero-order valence-electron chi connectivity index (χ0n) is 20.6. The summed E-state index contributed by atoms with van der Waals surface area (Å²) in [7, 11) is 1.45. The molecule has 0 radical (unpaired) electrons. The third-order valence-corrected chi connectivity index (χ3v) is 6.43. The first-order valence-electron chi connectivity index (χ1n) is 11.4. The number of anilines is 1. The number of amides is 2. The number of nitrogens with zero attached hydrogens (tertiary/aromatic N) is 1. The molecule has 0 fully saturated rings. The molecule has 0 bridgehead atoms. The van der Waals surface area contributed by atoms with Crippen molar-refractivity contribution in [2.45, 2.75) is 33.7 Å². The van der Waals surface area contributed by atoms with Gasteiger partial charge in [0.2, 0.25) is 0 Å². The number of carbonyl (C=O) groups excluding carboxylic acids is 2. The van der Waals surface area contributed by atoms with Gasteiger partial charge in [0, 0.05) is 16.7 Å². The lowest BCUT2D eigenvalue weighted by Crippen LogP contribution is -2.43. The van der Waals surface area contributed by atoms with Gasteiger partial charge in [-0.25, -0.2) is 0 Å². The van der Waals surface area contributed by atoms with Crippen LogP contribution in [0.1, 0.15) is 46.9 Å². The van der Waals surface area contributed by atoms with E-state index >= 15 is 0 Å². The van der Waals surface area contributed by atoms with Crippen LogP contribution in [0, 0.1) is 19.8 Å². The minimum absolute atomic E-state index is 0.0438. The van der Waals surface area contributed by atoms with Crippen LogP contribution in [0.5, 0.6) is 11.5 Å². The Morgan fingerprint density at radius 1 is 1.03 bits per heavy atom. The van der Waals surface area contributed by atoms with Gasteiger partial charge >= 0.3 is 0 Å². The SMILES string of the molecule is COc1cc(C(C(=O)Nc2c(C)cccc2C)N(CC(C)C)C(=O)c2ccccc2Br)ccc1O. The molecular weight excluding hydrogens is 508 g/mol. The zero-order chi connectivity index (χ0) is 25.7. The fourth-order valence-electron chi connectivity index (χ4n) is 4.03. The van der Waals surface area contributed by atoms with Crippen LogP contribution in [0.3, 0.4) is 0 Å². The number of hydrogen-bond donors (Lipinski definition) is 2. The number of phenols is 1. The van der Waals surface area contributed by atoms with E-state index in [0.29, 0.717) is 27.8 Å². The van der Waals surface area contributed by atoms with Crippen LogP contribution in [0.25, 0.3) is 0 Å². The molecule has 0 aliphatic heterocycles. The van der Waals surface area contributed by atoms with Gasteiger partial charge in [0.05, 0.1) is 12.7 Å². The van der Waals surface area contributed by atoms with Crippen molar-refractivity contribution in [3.05, 3.63) is 87.4 Å². The molecule has 0 heterocycles. The highest BCUT2D eigenvalue weighted by atomic mass is 79.9. The number of para-hydroxylation sites is 1. The van der Waals surface area contributed by atoms with E-state index in [1.165, 1.54) is 13.2 Å². The second-order valence-corrected chi connectivity index (χ2v) is 9.78. The molecule has 3 aromatic rings. The van der Waals surface area contributed by atoms with Crippen molar-refractivity contribution < 1.29 is 19.4 Å². The molecule has 0 aliphatic rings. The summed E-state index contributed by atoms with van der Waals surface area (Å²) < 4.78 is 5.95. The van der Waals surface area contributed by atoms with Gasteiger partial charge in [-0.3, -0.25) is 9.59 Å². The minimum atomic E-state index is -0.967. The van der Waals surface area contributed by atoms with Gasteiger partial charge in [-0.15, -0.1) is 0 Å². The lowest BCUT2D eigenvalue weighted by atomic mass is 9.99. The first kappa shape index (κ1) is 26.3. The molecule has 1 unspecified atom stereocenters. The largest absolute Gasteiger partial charge is 0.504 e. The number of ether oxygens (including phenoxy) is 1. The number of phenolic OH excluding ortho intramolecular Hbond substituents is 1. The Bertz CT molecular complexity index is 1210. The molecular formula is C28H31BrN2O4. The summed E-state index contributed by atoms with van der Waals surface area (Å²) in [5.74, 6) is -0.352. The Kier molecular flexibility index (Phi) is 8.57. The van der Waals surface area contributed by atoms with Crippen molar-refractivity contribution in [3.63, 3.8) is 0 Å². The van der Waals surface area contributed by atoms with Crippen LogP contribution < -0.4 is 10.1 Å². The van der Waals surface area contributed by atoms with Crippen LogP contribution >= 0.6 is 15.9 Å². The van der Waals surface area contributed by atoms with Crippen molar-refractivity contribution in [2.24, 2.45) is 5.92 Å². The Balaban J connectivity index is 2.16. The van der Waals surface area contributed by atoms with Crippen molar-refractivity contribution in [3.8, 4) is 11.5 Å². The molecule has 3 aromatic carbocycles. The maximum Gasteiger partial charge on any atom is 0.255 e. The molecule has 2 amide bonds. The Labute approximate surface area is 215 Å². The van der Waals surface area contributed by atoms with E-state index in [4.69, 9.17) is 4.74 Å². The van der Waals surface area contributed by atoms with Crippen LogP contribution in [0.15, 0.2) is 65.1 Å². The van der Waals surface area contributed by atoms with Crippen LogP contribution in [-0.2, 0) is 4.79 Å². The number of halogens is 1. The second kappa shape index (κ2) is 11.4. The first-order valence-corrected chi connectivity index (χ1v) is 12.2. The highest BCUT2D eigenvalue weighted by Gasteiger charge is 2.34. The first-order chi connectivity index (χ1) is 16.6. The van der Waals surface area contributed by atoms with Crippen molar-refractivity contribution >= 4 is 33.4 Å². The van der Waals surface area contributed by atoms with Crippen molar-refractivity contribution in [1.82, 2.24) is 4.90 Å².